The summed E-state index contributed by atoms with van der Waals surface area (Å²) in [7, 11) is 0. The van der Waals surface area contributed by atoms with Gasteiger partial charge in [-0.25, -0.2) is 0 Å². The van der Waals surface area contributed by atoms with E-state index in [1.165, 1.54) is 44.5 Å². The van der Waals surface area contributed by atoms with Crippen LogP contribution in [0, 0.1) is 0 Å². The molecule has 8 rings (SSSR count). The lowest BCUT2D eigenvalue weighted by Gasteiger charge is -2.22. The summed E-state index contributed by atoms with van der Waals surface area (Å²) in [6, 6.07) is 47.6. The maximum absolute atomic E-state index is 6.01. The number of benzene rings is 6. The Morgan fingerprint density at radius 2 is 1.22 bits per heavy atom. The van der Waals surface area contributed by atoms with E-state index in [1.807, 2.05) is 12.1 Å². The van der Waals surface area contributed by atoms with Crippen molar-refractivity contribution in [1.29, 1.82) is 0 Å². The molecule has 1 aliphatic carbocycles. The summed E-state index contributed by atoms with van der Waals surface area (Å²) < 4.78 is 6.01. The number of para-hydroxylation sites is 1. The standard InChI is InChI=1S/C39H29NO/c1-39(2)34-13-8-12-30(26-9-4-3-5-10-26)38(34)32-21-20-29(24-35(32)39)40-28-18-15-25(16-19-28)27-17-22-37-33(23-27)31-11-6-7-14-36(31)41-37/h3-24,40H,1-2H3. The van der Waals surface area contributed by atoms with Crippen molar-refractivity contribution in [1.82, 2.24) is 0 Å². The summed E-state index contributed by atoms with van der Waals surface area (Å²) in [6.45, 7) is 4.68. The van der Waals surface area contributed by atoms with E-state index in [1.54, 1.807) is 0 Å². The van der Waals surface area contributed by atoms with Gasteiger partial charge in [-0.1, -0.05) is 105 Å². The van der Waals surface area contributed by atoms with Gasteiger partial charge in [0.1, 0.15) is 11.2 Å². The fourth-order valence-electron chi connectivity index (χ4n) is 6.54. The molecule has 0 saturated heterocycles. The highest BCUT2D eigenvalue weighted by molar-refractivity contribution is 6.06. The highest BCUT2D eigenvalue weighted by atomic mass is 16.3. The minimum absolute atomic E-state index is 0.0765. The third kappa shape index (κ3) is 3.79. The van der Waals surface area contributed by atoms with E-state index >= 15 is 0 Å². The predicted octanol–water partition coefficient (Wildman–Crippen LogP) is 11.0. The first kappa shape index (κ1) is 23.8. The van der Waals surface area contributed by atoms with Crippen LogP contribution < -0.4 is 5.32 Å². The number of hydrogen-bond donors (Lipinski definition) is 1. The molecule has 1 aromatic heterocycles. The Kier molecular flexibility index (Phi) is 5.20. The van der Waals surface area contributed by atoms with E-state index in [2.05, 4.69) is 140 Å². The molecule has 1 heterocycles. The molecule has 1 N–H and O–H groups in total. The van der Waals surface area contributed by atoms with Crippen LogP contribution in [0.1, 0.15) is 25.0 Å². The number of hydrogen-bond acceptors (Lipinski definition) is 2. The minimum atomic E-state index is -0.0765. The monoisotopic (exact) mass is 527 g/mol. The van der Waals surface area contributed by atoms with Crippen LogP contribution in [-0.2, 0) is 5.41 Å². The van der Waals surface area contributed by atoms with Gasteiger partial charge in [0.2, 0.25) is 0 Å². The highest BCUT2D eigenvalue weighted by Gasteiger charge is 2.37. The van der Waals surface area contributed by atoms with Gasteiger partial charge in [-0.15, -0.1) is 0 Å². The second-order valence-corrected chi connectivity index (χ2v) is 11.5. The third-order valence-electron chi connectivity index (χ3n) is 8.67. The third-order valence-corrected chi connectivity index (χ3v) is 8.67. The molecule has 2 heteroatoms. The SMILES string of the molecule is CC1(C)c2cc(Nc3ccc(-c4ccc5oc6ccccc6c5c4)cc3)ccc2-c2c(-c3ccccc3)cccc21. The topological polar surface area (TPSA) is 25.2 Å². The molecule has 196 valence electrons. The van der Waals surface area contributed by atoms with Gasteiger partial charge in [0, 0.05) is 27.6 Å². The molecule has 0 spiro atoms. The Morgan fingerprint density at radius 1 is 0.488 bits per heavy atom. The molecule has 0 amide bonds. The maximum Gasteiger partial charge on any atom is 0.135 e. The van der Waals surface area contributed by atoms with Crippen molar-refractivity contribution in [2.75, 3.05) is 5.32 Å². The van der Waals surface area contributed by atoms with Crippen molar-refractivity contribution in [3.05, 3.63) is 145 Å². The molecule has 0 aliphatic heterocycles. The van der Waals surface area contributed by atoms with Crippen LogP contribution >= 0.6 is 0 Å². The van der Waals surface area contributed by atoms with Gasteiger partial charge in [0.25, 0.3) is 0 Å². The first-order valence-corrected chi connectivity index (χ1v) is 14.2. The van der Waals surface area contributed by atoms with Crippen LogP contribution in [0.25, 0.3) is 55.3 Å². The minimum Gasteiger partial charge on any atom is -0.456 e. The summed E-state index contributed by atoms with van der Waals surface area (Å²) in [5, 5.41) is 5.96. The molecule has 2 nitrogen and oxygen atoms in total. The van der Waals surface area contributed by atoms with Crippen LogP contribution in [-0.4, -0.2) is 0 Å². The largest absolute Gasteiger partial charge is 0.456 e. The Balaban J connectivity index is 1.11. The van der Waals surface area contributed by atoms with Crippen molar-refractivity contribution in [2.24, 2.45) is 0 Å². The van der Waals surface area contributed by atoms with Gasteiger partial charge in [-0.05, 0) is 87.0 Å². The van der Waals surface area contributed by atoms with E-state index in [-0.39, 0.29) is 5.41 Å². The van der Waals surface area contributed by atoms with Gasteiger partial charge in [-0.2, -0.15) is 0 Å². The molecule has 41 heavy (non-hydrogen) atoms. The molecule has 0 unspecified atom stereocenters. The van der Waals surface area contributed by atoms with Crippen molar-refractivity contribution < 1.29 is 4.42 Å². The lowest BCUT2D eigenvalue weighted by molar-refractivity contribution is 0.661. The molecule has 0 atom stereocenters. The van der Waals surface area contributed by atoms with Crippen LogP contribution in [0.15, 0.2) is 138 Å². The first-order valence-electron chi connectivity index (χ1n) is 14.2. The predicted molar refractivity (Wildman–Crippen MR) is 172 cm³/mol. The van der Waals surface area contributed by atoms with Crippen molar-refractivity contribution in [2.45, 2.75) is 19.3 Å². The number of anilines is 2. The van der Waals surface area contributed by atoms with Gasteiger partial charge in [-0.3, -0.25) is 0 Å². The first-order chi connectivity index (χ1) is 20.1. The normalized spacial score (nSPS) is 13.3. The Hall–Kier alpha value is -5.08. The van der Waals surface area contributed by atoms with Gasteiger partial charge in [0.05, 0.1) is 0 Å². The molecule has 6 aromatic carbocycles. The van der Waals surface area contributed by atoms with Crippen LogP contribution in [0.3, 0.4) is 0 Å². The van der Waals surface area contributed by atoms with Gasteiger partial charge in [0.15, 0.2) is 0 Å². The summed E-state index contributed by atoms with van der Waals surface area (Å²) in [4.78, 5) is 0. The van der Waals surface area contributed by atoms with E-state index in [0.29, 0.717) is 0 Å². The second kappa shape index (κ2) is 8.97. The number of rotatable bonds is 4. The fourth-order valence-corrected chi connectivity index (χ4v) is 6.54. The Bertz CT molecular complexity index is 2080. The van der Waals surface area contributed by atoms with Gasteiger partial charge < -0.3 is 9.73 Å². The lowest BCUT2D eigenvalue weighted by atomic mass is 9.82. The van der Waals surface area contributed by atoms with Crippen molar-refractivity contribution >= 4 is 33.3 Å². The maximum atomic E-state index is 6.01. The molecule has 7 aromatic rings. The van der Waals surface area contributed by atoms with Crippen LogP contribution in [0.5, 0.6) is 0 Å². The second-order valence-electron chi connectivity index (χ2n) is 11.5. The zero-order valence-corrected chi connectivity index (χ0v) is 23.1. The Morgan fingerprint density at radius 3 is 2.07 bits per heavy atom. The highest BCUT2D eigenvalue weighted by Crippen LogP contribution is 2.52. The summed E-state index contributed by atoms with van der Waals surface area (Å²) in [5.74, 6) is 0. The van der Waals surface area contributed by atoms with E-state index < -0.39 is 0 Å². The molecule has 1 aliphatic rings. The number of fused-ring (bicyclic) bond motifs is 6. The number of furan rings is 1. The molecule has 0 bridgehead atoms. The summed E-state index contributed by atoms with van der Waals surface area (Å²) >= 11 is 0. The molecule has 0 radical (unpaired) electrons. The molecular formula is C39H29NO. The Labute approximate surface area is 239 Å². The molecule has 0 fully saturated rings. The molecular weight excluding hydrogens is 498 g/mol. The number of nitrogens with one attached hydrogen (secondary N) is 1. The van der Waals surface area contributed by atoms with Crippen molar-refractivity contribution in [3.8, 4) is 33.4 Å². The van der Waals surface area contributed by atoms with E-state index in [0.717, 1.165) is 33.3 Å². The lowest BCUT2D eigenvalue weighted by Crippen LogP contribution is -2.15. The zero-order valence-electron chi connectivity index (χ0n) is 23.1. The quantitative estimate of drug-likeness (QED) is 0.246. The molecule has 0 saturated carbocycles. The van der Waals surface area contributed by atoms with E-state index in [4.69, 9.17) is 4.42 Å². The van der Waals surface area contributed by atoms with Crippen LogP contribution in [0.4, 0.5) is 11.4 Å². The van der Waals surface area contributed by atoms with E-state index in [9.17, 15) is 0 Å². The zero-order chi connectivity index (χ0) is 27.6. The average Bonchev–Trinajstić information content (AvgIpc) is 3.50. The van der Waals surface area contributed by atoms with Crippen LogP contribution in [0.2, 0.25) is 0 Å². The summed E-state index contributed by atoms with van der Waals surface area (Å²) in [6.07, 6.45) is 0. The van der Waals surface area contributed by atoms with Gasteiger partial charge >= 0.3 is 0 Å². The average molecular weight is 528 g/mol. The smallest absolute Gasteiger partial charge is 0.135 e. The fraction of sp³-hybridized carbons (Fsp3) is 0.0769. The van der Waals surface area contributed by atoms with Crippen molar-refractivity contribution in [3.63, 3.8) is 0 Å². The summed E-state index contributed by atoms with van der Waals surface area (Å²) in [5.41, 5.74) is 14.3.